The maximum Gasteiger partial charge on any atom is 0.323 e. The van der Waals surface area contributed by atoms with Crippen LogP contribution in [0, 0.1) is 0 Å². The number of aromatic nitrogens is 5. The quantitative estimate of drug-likeness (QED) is 0.444. The molecule has 8 nitrogen and oxygen atoms in total. The van der Waals surface area contributed by atoms with Gasteiger partial charge in [0.25, 0.3) is 5.95 Å². The van der Waals surface area contributed by atoms with E-state index in [9.17, 15) is 0 Å². The van der Waals surface area contributed by atoms with Crippen molar-refractivity contribution >= 4 is 5.95 Å². The van der Waals surface area contributed by atoms with E-state index in [4.69, 9.17) is 10.6 Å². The Hall–Kier alpha value is -2.48. The van der Waals surface area contributed by atoms with E-state index in [1.807, 2.05) is 19.1 Å². The lowest BCUT2D eigenvalue weighted by Gasteiger charge is -2.06. The second-order valence-electron chi connectivity index (χ2n) is 3.22. The van der Waals surface area contributed by atoms with E-state index in [0.29, 0.717) is 12.6 Å². The Bertz CT molecular complexity index is 523. The number of hydrazine groups is 1. The minimum absolute atomic E-state index is 0.182. The third-order valence-electron chi connectivity index (χ3n) is 1.99. The first-order valence-corrected chi connectivity index (χ1v) is 5.30. The largest absolute Gasteiger partial charge is 0.459 e. The van der Waals surface area contributed by atoms with E-state index < -0.39 is 0 Å². The molecule has 2 heterocycles. The fourth-order valence-electron chi connectivity index (χ4n) is 1.18. The molecule has 0 radical (unpaired) electrons. The highest BCUT2D eigenvalue weighted by Gasteiger charge is 2.08. The van der Waals surface area contributed by atoms with Gasteiger partial charge in [-0.3, -0.25) is 5.43 Å². The van der Waals surface area contributed by atoms with Crippen molar-refractivity contribution in [2.45, 2.75) is 6.92 Å². The highest BCUT2D eigenvalue weighted by atomic mass is 16.5. The van der Waals surface area contributed by atoms with E-state index in [1.54, 1.807) is 18.5 Å². The second-order valence-corrected chi connectivity index (χ2v) is 3.22. The van der Waals surface area contributed by atoms with Gasteiger partial charge in [0.05, 0.1) is 0 Å². The average molecular weight is 247 g/mol. The van der Waals surface area contributed by atoms with Gasteiger partial charge in [0, 0.05) is 12.4 Å². The van der Waals surface area contributed by atoms with Gasteiger partial charge < -0.3 is 4.74 Å². The highest BCUT2D eigenvalue weighted by Crippen LogP contribution is 2.09. The number of hydrogen-bond donors (Lipinski definition) is 2. The number of nitrogen functional groups attached to an aromatic ring is 1. The van der Waals surface area contributed by atoms with E-state index in [2.05, 4.69) is 25.5 Å². The molecular formula is C10H13N7O. The van der Waals surface area contributed by atoms with Crippen LogP contribution in [0.3, 0.4) is 0 Å². The van der Waals surface area contributed by atoms with Crippen LogP contribution in [0.1, 0.15) is 6.92 Å². The molecule has 0 unspecified atom stereocenters. The zero-order valence-corrected chi connectivity index (χ0v) is 9.82. The van der Waals surface area contributed by atoms with Crippen molar-refractivity contribution in [1.82, 2.24) is 24.7 Å². The first-order chi connectivity index (χ1) is 8.83. The van der Waals surface area contributed by atoms with E-state index in [-0.39, 0.29) is 12.0 Å². The third-order valence-corrected chi connectivity index (χ3v) is 1.99. The van der Waals surface area contributed by atoms with Gasteiger partial charge in [-0.1, -0.05) is 12.2 Å². The van der Waals surface area contributed by atoms with Crippen LogP contribution in [-0.2, 0) is 0 Å². The van der Waals surface area contributed by atoms with Gasteiger partial charge in [0.2, 0.25) is 5.95 Å². The molecule has 0 aliphatic carbocycles. The number of rotatable bonds is 5. The number of nitrogens with zero attached hydrogens (tertiary/aromatic N) is 5. The van der Waals surface area contributed by atoms with Crippen LogP contribution in [0.4, 0.5) is 5.95 Å². The average Bonchev–Trinajstić information content (AvgIpc) is 2.92. The summed E-state index contributed by atoms with van der Waals surface area (Å²) in [6.07, 6.45) is 7.05. The maximum absolute atomic E-state index is 5.34. The molecule has 0 spiro atoms. The molecular weight excluding hydrogens is 234 g/mol. The standard InChI is InChI=1S/C10H13N7O/c1-2-3-7-18-10-14-8(16-11)13-9(15-10)17-6-4-5-12-17/h2-6H,7,11H2,1H3,(H,13,14,15,16)/b3-2+. The summed E-state index contributed by atoms with van der Waals surface area (Å²) >= 11 is 0. The summed E-state index contributed by atoms with van der Waals surface area (Å²) in [7, 11) is 0. The zero-order chi connectivity index (χ0) is 12.8. The van der Waals surface area contributed by atoms with Crippen LogP contribution < -0.4 is 16.0 Å². The van der Waals surface area contributed by atoms with Crippen molar-refractivity contribution < 1.29 is 4.74 Å². The van der Waals surface area contributed by atoms with E-state index in [1.165, 1.54) is 4.68 Å². The highest BCUT2D eigenvalue weighted by molar-refractivity contribution is 5.28. The number of allylic oxidation sites excluding steroid dienone is 1. The lowest BCUT2D eigenvalue weighted by molar-refractivity contribution is 0.331. The molecule has 0 fully saturated rings. The molecule has 0 saturated carbocycles. The minimum atomic E-state index is 0.182. The van der Waals surface area contributed by atoms with Crippen LogP contribution >= 0.6 is 0 Å². The number of nitrogens with one attached hydrogen (secondary N) is 1. The molecule has 3 N–H and O–H groups in total. The molecule has 0 saturated heterocycles. The van der Waals surface area contributed by atoms with Crippen molar-refractivity contribution in [3.8, 4) is 12.0 Å². The number of anilines is 1. The van der Waals surface area contributed by atoms with Crippen molar-refractivity contribution in [3.05, 3.63) is 30.6 Å². The maximum atomic E-state index is 5.34. The predicted octanol–water partition coefficient (Wildman–Crippen LogP) is 0.298. The summed E-state index contributed by atoms with van der Waals surface area (Å²) in [6.45, 7) is 2.28. The molecule has 2 aromatic rings. The second kappa shape index (κ2) is 5.73. The minimum Gasteiger partial charge on any atom is -0.459 e. The van der Waals surface area contributed by atoms with Crippen LogP contribution in [0.5, 0.6) is 6.01 Å². The summed E-state index contributed by atoms with van der Waals surface area (Å²) in [6, 6.07) is 1.95. The lowest BCUT2D eigenvalue weighted by atomic mass is 10.6. The molecule has 2 rings (SSSR count). The Morgan fingerprint density at radius 2 is 2.33 bits per heavy atom. The molecule has 0 amide bonds. The molecule has 2 aromatic heterocycles. The zero-order valence-electron chi connectivity index (χ0n) is 9.82. The summed E-state index contributed by atoms with van der Waals surface area (Å²) in [4.78, 5) is 12.2. The van der Waals surface area contributed by atoms with Crippen molar-refractivity contribution in [3.63, 3.8) is 0 Å². The molecule has 0 aromatic carbocycles. The molecule has 0 atom stereocenters. The van der Waals surface area contributed by atoms with Gasteiger partial charge in [-0.2, -0.15) is 20.1 Å². The normalized spacial score (nSPS) is 10.8. The Kier molecular flexibility index (Phi) is 3.82. The number of hydrogen-bond acceptors (Lipinski definition) is 7. The summed E-state index contributed by atoms with van der Waals surface area (Å²) in [5.41, 5.74) is 2.36. The van der Waals surface area contributed by atoms with E-state index >= 15 is 0 Å². The number of nitrogens with two attached hydrogens (primary N) is 1. The van der Waals surface area contributed by atoms with Gasteiger partial charge >= 0.3 is 6.01 Å². The smallest absolute Gasteiger partial charge is 0.323 e. The fourth-order valence-corrected chi connectivity index (χ4v) is 1.18. The van der Waals surface area contributed by atoms with E-state index in [0.717, 1.165) is 0 Å². The Morgan fingerprint density at radius 3 is 3.00 bits per heavy atom. The lowest BCUT2D eigenvalue weighted by Crippen LogP contribution is -2.15. The first-order valence-electron chi connectivity index (χ1n) is 5.30. The summed E-state index contributed by atoms with van der Waals surface area (Å²) < 4.78 is 6.83. The Balaban J connectivity index is 2.27. The Morgan fingerprint density at radius 1 is 1.44 bits per heavy atom. The van der Waals surface area contributed by atoms with Crippen LogP contribution in [0.15, 0.2) is 30.6 Å². The molecule has 18 heavy (non-hydrogen) atoms. The van der Waals surface area contributed by atoms with Crippen molar-refractivity contribution in [2.75, 3.05) is 12.0 Å². The van der Waals surface area contributed by atoms with Gasteiger partial charge in [0.15, 0.2) is 0 Å². The van der Waals surface area contributed by atoms with Gasteiger partial charge in [-0.25, -0.2) is 10.5 Å². The van der Waals surface area contributed by atoms with Crippen molar-refractivity contribution in [1.29, 1.82) is 0 Å². The fraction of sp³-hybridized carbons (Fsp3) is 0.200. The third kappa shape index (κ3) is 2.80. The monoisotopic (exact) mass is 247 g/mol. The van der Waals surface area contributed by atoms with Crippen LogP contribution in [0.25, 0.3) is 5.95 Å². The topological polar surface area (TPSA) is 104 Å². The predicted molar refractivity (Wildman–Crippen MR) is 65.1 cm³/mol. The van der Waals surface area contributed by atoms with Gasteiger partial charge in [-0.05, 0) is 13.0 Å². The van der Waals surface area contributed by atoms with Crippen molar-refractivity contribution in [2.24, 2.45) is 5.84 Å². The molecule has 0 aliphatic rings. The number of ether oxygens (including phenoxy) is 1. The molecule has 0 aliphatic heterocycles. The SMILES string of the molecule is C/C=C/COc1nc(NN)nc(-n2cccn2)n1. The van der Waals surface area contributed by atoms with Crippen LogP contribution in [0.2, 0.25) is 0 Å². The van der Waals surface area contributed by atoms with Gasteiger partial charge in [-0.15, -0.1) is 0 Å². The first kappa shape index (κ1) is 12.0. The summed E-state index contributed by atoms with van der Waals surface area (Å²) in [5.74, 6) is 5.84. The van der Waals surface area contributed by atoms with Gasteiger partial charge in [0.1, 0.15) is 6.61 Å². The van der Waals surface area contributed by atoms with Crippen LogP contribution in [-0.4, -0.2) is 31.3 Å². The molecule has 94 valence electrons. The molecule has 0 bridgehead atoms. The Labute approximate surface area is 103 Å². The molecule has 8 heteroatoms. The summed E-state index contributed by atoms with van der Waals surface area (Å²) in [5, 5.41) is 4.03.